The van der Waals surface area contributed by atoms with Crippen LogP contribution in [0.5, 0.6) is 0 Å². The van der Waals surface area contributed by atoms with E-state index < -0.39 is 30.4 Å². The van der Waals surface area contributed by atoms with Crippen LogP contribution in [0, 0.1) is 5.92 Å². The van der Waals surface area contributed by atoms with E-state index in [0.717, 1.165) is 30.6 Å². The average molecular weight is 322 g/mol. The van der Waals surface area contributed by atoms with Crippen LogP contribution in [0.1, 0.15) is 32.1 Å². The molecule has 0 aromatic heterocycles. The van der Waals surface area contributed by atoms with Crippen molar-refractivity contribution in [2.75, 3.05) is 26.2 Å². The summed E-state index contributed by atoms with van der Waals surface area (Å²) >= 11 is 0. The molecule has 1 unspecified atom stereocenters. The molecular weight excluding hydrogens is 300 g/mol. The second-order valence-corrected chi connectivity index (χ2v) is 6.50. The molecule has 3 fully saturated rings. The van der Waals surface area contributed by atoms with E-state index in [4.69, 9.17) is 5.73 Å². The molecule has 1 aliphatic carbocycles. The number of imide groups is 1. The first-order valence-electron chi connectivity index (χ1n) is 8.18. The molecule has 0 aromatic carbocycles. The second-order valence-electron chi connectivity index (χ2n) is 6.50. The van der Waals surface area contributed by atoms with E-state index in [1.807, 2.05) is 0 Å². The highest BCUT2D eigenvalue weighted by molar-refractivity contribution is 6.06. The molecule has 0 radical (unpaired) electrons. The third kappa shape index (κ3) is 2.89. The number of hydrogen-bond donors (Lipinski definition) is 1. The van der Waals surface area contributed by atoms with Crippen LogP contribution in [-0.2, 0) is 14.4 Å². The number of nitrogens with two attached hydrogens (primary N) is 1. The van der Waals surface area contributed by atoms with E-state index in [1.165, 1.54) is 11.3 Å². The number of rotatable bonds is 3. The van der Waals surface area contributed by atoms with Crippen LogP contribution >= 0.6 is 0 Å². The number of urea groups is 1. The summed E-state index contributed by atoms with van der Waals surface area (Å²) < 4.78 is 0. The molecule has 23 heavy (non-hydrogen) atoms. The molecule has 3 aliphatic rings. The molecule has 2 saturated heterocycles. The Morgan fingerprint density at radius 2 is 1.78 bits per heavy atom. The number of amides is 5. The molecule has 8 heteroatoms. The van der Waals surface area contributed by atoms with Crippen LogP contribution < -0.4 is 5.73 Å². The maximum Gasteiger partial charge on any atom is 0.328 e. The summed E-state index contributed by atoms with van der Waals surface area (Å²) in [7, 11) is 0. The first-order valence-corrected chi connectivity index (χ1v) is 8.18. The van der Waals surface area contributed by atoms with Crippen molar-refractivity contribution in [3.05, 3.63) is 0 Å². The predicted molar refractivity (Wildman–Crippen MR) is 80.0 cm³/mol. The molecule has 2 N–H and O–H groups in total. The SMILES string of the molecule is NC(=O)CN1C(=O)C2CN(C(=O)C3CCCCC3)CCN2C1=O. The van der Waals surface area contributed by atoms with Crippen molar-refractivity contribution in [3.63, 3.8) is 0 Å². The van der Waals surface area contributed by atoms with E-state index in [0.29, 0.717) is 13.1 Å². The Bertz CT molecular complexity index is 544. The number of hydrogen-bond acceptors (Lipinski definition) is 4. The highest BCUT2D eigenvalue weighted by atomic mass is 16.2. The van der Waals surface area contributed by atoms with Gasteiger partial charge in [-0.05, 0) is 12.8 Å². The minimum Gasteiger partial charge on any atom is -0.368 e. The monoisotopic (exact) mass is 322 g/mol. The molecule has 2 aliphatic heterocycles. The van der Waals surface area contributed by atoms with Crippen LogP contribution in [0.15, 0.2) is 0 Å². The Morgan fingerprint density at radius 3 is 2.43 bits per heavy atom. The Morgan fingerprint density at radius 1 is 1.09 bits per heavy atom. The van der Waals surface area contributed by atoms with Gasteiger partial charge in [-0.2, -0.15) is 0 Å². The van der Waals surface area contributed by atoms with Crippen molar-refractivity contribution in [1.82, 2.24) is 14.7 Å². The summed E-state index contributed by atoms with van der Waals surface area (Å²) in [5.41, 5.74) is 5.09. The van der Waals surface area contributed by atoms with Crippen molar-refractivity contribution >= 4 is 23.8 Å². The van der Waals surface area contributed by atoms with E-state index >= 15 is 0 Å². The van der Waals surface area contributed by atoms with Crippen molar-refractivity contribution in [3.8, 4) is 0 Å². The molecule has 0 spiro atoms. The average Bonchev–Trinajstić information content (AvgIpc) is 2.79. The summed E-state index contributed by atoms with van der Waals surface area (Å²) in [4.78, 5) is 52.2. The number of piperazine rings is 1. The predicted octanol–water partition coefficient (Wildman–Crippen LogP) is -0.473. The van der Waals surface area contributed by atoms with Crippen molar-refractivity contribution in [2.45, 2.75) is 38.1 Å². The molecule has 3 rings (SSSR count). The van der Waals surface area contributed by atoms with Crippen molar-refractivity contribution < 1.29 is 19.2 Å². The smallest absolute Gasteiger partial charge is 0.328 e. The summed E-state index contributed by atoms with van der Waals surface area (Å²) in [6.07, 6.45) is 5.14. The van der Waals surface area contributed by atoms with Crippen LogP contribution in [-0.4, -0.2) is 70.7 Å². The van der Waals surface area contributed by atoms with E-state index in [2.05, 4.69) is 0 Å². The lowest BCUT2D eigenvalue weighted by Gasteiger charge is -2.37. The Hall–Kier alpha value is -2.12. The summed E-state index contributed by atoms with van der Waals surface area (Å²) in [5, 5.41) is 0. The van der Waals surface area contributed by atoms with Gasteiger partial charge >= 0.3 is 6.03 Å². The second kappa shape index (κ2) is 6.17. The molecule has 126 valence electrons. The Labute approximate surface area is 134 Å². The molecule has 0 bridgehead atoms. The van der Waals surface area contributed by atoms with Gasteiger partial charge in [-0.3, -0.25) is 19.3 Å². The number of carbonyl (C=O) groups is 4. The fourth-order valence-electron chi connectivity index (χ4n) is 3.76. The quantitative estimate of drug-likeness (QED) is 0.709. The van der Waals surface area contributed by atoms with Crippen LogP contribution in [0.2, 0.25) is 0 Å². The Balaban J connectivity index is 1.68. The molecule has 2 heterocycles. The molecule has 5 amide bonds. The van der Waals surface area contributed by atoms with Crippen molar-refractivity contribution in [1.29, 1.82) is 0 Å². The number of carbonyl (C=O) groups excluding carboxylic acids is 4. The minimum absolute atomic E-state index is 0.0456. The van der Waals surface area contributed by atoms with Gasteiger partial charge in [0, 0.05) is 19.0 Å². The van der Waals surface area contributed by atoms with Crippen LogP contribution in [0.25, 0.3) is 0 Å². The molecule has 1 saturated carbocycles. The number of fused-ring (bicyclic) bond motifs is 1. The van der Waals surface area contributed by atoms with E-state index in [1.54, 1.807) is 4.90 Å². The van der Waals surface area contributed by atoms with Gasteiger partial charge in [-0.15, -0.1) is 0 Å². The van der Waals surface area contributed by atoms with Crippen molar-refractivity contribution in [2.24, 2.45) is 11.7 Å². The zero-order valence-electron chi connectivity index (χ0n) is 13.1. The maximum atomic E-state index is 12.6. The van der Waals surface area contributed by atoms with Gasteiger partial charge in [0.1, 0.15) is 12.6 Å². The first kappa shape index (κ1) is 15.8. The fraction of sp³-hybridized carbons (Fsp3) is 0.733. The standard InChI is InChI=1S/C15H22N4O4/c16-12(20)9-19-14(22)11-8-17(6-7-18(11)15(19)23)13(21)10-4-2-1-3-5-10/h10-11H,1-9H2,(H2,16,20). The molecule has 0 aromatic rings. The number of nitrogens with zero attached hydrogens (tertiary/aromatic N) is 3. The lowest BCUT2D eigenvalue weighted by atomic mass is 9.88. The van der Waals surface area contributed by atoms with Gasteiger partial charge in [-0.25, -0.2) is 4.79 Å². The van der Waals surface area contributed by atoms with Gasteiger partial charge in [0.15, 0.2) is 0 Å². The minimum atomic E-state index is -0.721. The summed E-state index contributed by atoms with van der Waals surface area (Å²) in [5.74, 6) is -1.01. The highest BCUT2D eigenvalue weighted by Gasteiger charge is 2.49. The largest absolute Gasteiger partial charge is 0.368 e. The normalized spacial score (nSPS) is 25.7. The molecule has 1 atom stereocenters. The van der Waals surface area contributed by atoms with E-state index in [9.17, 15) is 19.2 Å². The lowest BCUT2D eigenvalue weighted by molar-refractivity contribution is -0.141. The van der Waals surface area contributed by atoms with Gasteiger partial charge in [0.25, 0.3) is 5.91 Å². The zero-order valence-corrected chi connectivity index (χ0v) is 13.1. The van der Waals surface area contributed by atoms with Gasteiger partial charge in [0.2, 0.25) is 11.8 Å². The third-order valence-electron chi connectivity index (χ3n) is 4.99. The van der Waals surface area contributed by atoms with Crippen LogP contribution in [0.3, 0.4) is 0 Å². The topological polar surface area (TPSA) is 104 Å². The first-order chi connectivity index (χ1) is 11.0. The van der Waals surface area contributed by atoms with Gasteiger partial charge < -0.3 is 15.5 Å². The Kier molecular flexibility index (Phi) is 4.23. The van der Waals surface area contributed by atoms with Gasteiger partial charge in [-0.1, -0.05) is 19.3 Å². The van der Waals surface area contributed by atoms with E-state index in [-0.39, 0.29) is 18.4 Å². The molecular formula is C15H22N4O4. The molecule has 8 nitrogen and oxygen atoms in total. The fourth-order valence-corrected chi connectivity index (χ4v) is 3.76. The maximum absolute atomic E-state index is 12.6. The highest BCUT2D eigenvalue weighted by Crippen LogP contribution is 2.28. The lowest BCUT2D eigenvalue weighted by Crippen LogP contribution is -2.55. The third-order valence-corrected chi connectivity index (χ3v) is 4.99. The van der Waals surface area contributed by atoms with Gasteiger partial charge in [0.05, 0.1) is 6.54 Å². The summed E-state index contributed by atoms with van der Waals surface area (Å²) in [6.45, 7) is 0.578. The number of primary amides is 1. The van der Waals surface area contributed by atoms with Crippen LogP contribution in [0.4, 0.5) is 4.79 Å². The summed E-state index contributed by atoms with van der Waals surface area (Å²) in [6, 6.07) is -1.16. The zero-order chi connectivity index (χ0) is 16.6.